The van der Waals surface area contributed by atoms with Crippen LogP contribution in [0.25, 0.3) is 0 Å². The van der Waals surface area contributed by atoms with Gasteiger partial charge in [0.2, 0.25) is 0 Å². The minimum absolute atomic E-state index is 0.0112. The van der Waals surface area contributed by atoms with Gasteiger partial charge in [-0.05, 0) is 7.05 Å². The second-order valence-electron chi connectivity index (χ2n) is 4.00. The van der Waals surface area contributed by atoms with Gasteiger partial charge in [-0.2, -0.15) is 0 Å². The van der Waals surface area contributed by atoms with E-state index in [1.165, 1.54) is 0 Å². The molecule has 0 aliphatic rings. The average molecular weight is 329 g/mol. The Balaban J connectivity index is 2.25. The molecule has 0 spiro atoms. The molecule has 7 nitrogen and oxygen atoms in total. The minimum atomic E-state index is -0.593. The van der Waals surface area contributed by atoms with E-state index in [0.717, 1.165) is 17.7 Å². The number of aromatic nitrogens is 2. The number of rotatable bonds is 5. The Labute approximate surface area is 130 Å². The minimum Gasteiger partial charge on any atom is -0.421 e. The van der Waals surface area contributed by atoms with Crippen molar-refractivity contribution < 1.29 is 9.66 Å². The Morgan fingerprint density at radius 1 is 1.29 bits per heavy atom. The number of hydrogen-bond donors (Lipinski definition) is 1. The molecule has 0 unspecified atom stereocenters. The molecule has 0 saturated carbocycles. The van der Waals surface area contributed by atoms with Crippen molar-refractivity contribution in [3.05, 3.63) is 50.2 Å². The lowest BCUT2D eigenvalue weighted by Crippen LogP contribution is -2.06. The van der Waals surface area contributed by atoms with E-state index in [1.807, 2.05) is 0 Å². The number of nitrogens with one attached hydrogen (secondary N) is 1. The van der Waals surface area contributed by atoms with Crippen molar-refractivity contribution in [2.75, 3.05) is 7.05 Å². The predicted octanol–water partition coefficient (Wildman–Crippen LogP) is 3.20. The highest BCUT2D eigenvalue weighted by Crippen LogP contribution is 2.38. The SMILES string of the molecule is CNCc1cnc(Oc2c(Cl)cc([N+](=O)[O-])cc2Cl)nc1. The fraction of sp³-hybridized carbons (Fsp3) is 0.167. The third-order valence-electron chi connectivity index (χ3n) is 2.45. The number of nitrogens with zero attached hydrogens (tertiary/aromatic N) is 3. The van der Waals surface area contributed by atoms with Crippen LogP contribution < -0.4 is 10.1 Å². The van der Waals surface area contributed by atoms with E-state index in [1.54, 1.807) is 19.4 Å². The van der Waals surface area contributed by atoms with E-state index < -0.39 is 4.92 Å². The van der Waals surface area contributed by atoms with E-state index >= 15 is 0 Å². The van der Waals surface area contributed by atoms with E-state index in [2.05, 4.69) is 15.3 Å². The molecule has 0 fully saturated rings. The summed E-state index contributed by atoms with van der Waals surface area (Å²) in [6.45, 7) is 0.624. The lowest BCUT2D eigenvalue weighted by atomic mass is 10.3. The number of halogens is 2. The summed E-state index contributed by atoms with van der Waals surface area (Å²) in [5, 5.41) is 13.7. The Morgan fingerprint density at radius 2 is 1.86 bits per heavy atom. The van der Waals surface area contributed by atoms with E-state index in [0.29, 0.717) is 6.54 Å². The van der Waals surface area contributed by atoms with Crippen molar-refractivity contribution in [2.45, 2.75) is 6.54 Å². The van der Waals surface area contributed by atoms with Gasteiger partial charge in [-0.25, -0.2) is 9.97 Å². The summed E-state index contributed by atoms with van der Waals surface area (Å²) in [7, 11) is 1.81. The maximum atomic E-state index is 10.7. The first-order valence-electron chi connectivity index (χ1n) is 5.78. The summed E-state index contributed by atoms with van der Waals surface area (Å²) in [5.74, 6) is 0.0744. The van der Waals surface area contributed by atoms with E-state index in [4.69, 9.17) is 27.9 Å². The highest BCUT2D eigenvalue weighted by molar-refractivity contribution is 6.37. The summed E-state index contributed by atoms with van der Waals surface area (Å²) in [5.41, 5.74) is 0.661. The van der Waals surface area contributed by atoms with Crippen molar-refractivity contribution in [1.82, 2.24) is 15.3 Å². The van der Waals surface area contributed by atoms with Crippen LogP contribution in [0.4, 0.5) is 5.69 Å². The summed E-state index contributed by atoms with van der Waals surface area (Å²) in [4.78, 5) is 18.1. The molecule has 0 radical (unpaired) electrons. The molecule has 2 rings (SSSR count). The van der Waals surface area contributed by atoms with Crippen molar-refractivity contribution in [2.24, 2.45) is 0 Å². The molecule has 2 aromatic rings. The van der Waals surface area contributed by atoms with Crippen LogP contribution >= 0.6 is 23.2 Å². The topological polar surface area (TPSA) is 90.2 Å². The van der Waals surface area contributed by atoms with Gasteiger partial charge in [-0.15, -0.1) is 0 Å². The number of nitro groups is 1. The molecule has 9 heteroatoms. The smallest absolute Gasteiger partial charge is 0.321 e. The second-order valence-corrected chi connectivity index (χ2v) is 4.82. The molecule has 0 aliphatic heterocycles. The van der Waals surface area contributed by atoms with Crippen LogP contribution in [0.5, 0.6) is 11.8 Å². The first-order valence-corrected chi connectivity index (χ1v) is 6.53. The van der Waals surface area contributed by atoms with Crippen LogP contribution in [-0.4, -0.2) is 21.9 Å². The Hall–Kier alpha value is -1.96. The molecule has 1 heterocycles. The monoisotopic (exact) mass is 328 g/mol. The van der Waals surface area contributed by atoms with Gasteiger partial charge < -0.3 is 10.1 Å². The Bertz CT molecular complexity index is 641. The van der Waals surface area contributed by atoms with Crippen molar-refractivity contribution >= 4 is 28.9 Å². The van der Waals surface area contributed by atoms with E-state index in [-0.39, 0.29) is 27.5 Å². The van der Waals surface area contributed by atoms with Crippen LogP contribution in [0, 0.1) is 10.1 Å². The average Bonchev–Trinajstić information content (AvgIpc) is 2.44. The number of hydrogen-bond acceptors (Lipinski definition) is 6. The number of non-ortho nitro benzene ring substituents is 1. The van der Waals surface area contributed by atoms with Gasteiger partial charge in [-0.1, -0.05) is 23.2 Å². The standard InChI is InChI=1S/C12H10Cl2N4O3/c1-15-4-7-5-16-12(17-6-7)21-11-9(13)2-8(18(19)20)3-10(11)14/h2-3,5-6,15H,4H2,1H3. The molecule has 0 aliphatic carbocycles. The molecule has 1 aromatic carbocycles. The number of nitro benzene ring substituents is 1. The maximum absolute atomic E-state index is 10.7. The van der Waals surface area contributed by atoms with Crippen molar-refractivity contribution in [3.8, 4) is 11.8 Å². The fourth-order valence-corrected chi connectivity index (χ4v) is 2.08. The molecule has 1 aromatic heterocycles. The van der Waals surface area contributed by atoms with Crippen LogP contribution in [0.3, 0.4) is 0 Å². The molecule has 110 valence electrons. The van der Waals surface area contributed by atoms with Crippen LogP contribution in [-0.2, 0) is 6.54 Å². The molecule has 21 heavy (non-hydrogen) atoms. The van der Waals surface area contributed by atoms with Gasteiger partial charge in [0.05, 0.1) is 15.0 Å². The highest BCUT2D eigenvalue weighted by atomic mass is 35.5. The third kappa shape index (κ3) is 3.78. The summed E-state index contributed by atoms with van der Waals surface area (Å²) in [6.07, 6.45) is 3.18. The van der Waals surface area contributed by atoms with E-state index in [9.17, 15) is 10.1 Å². The summed E-state index contributed by atoms with van der Waals surface area (Å²) < 4.78 is 5.38. The maximum Gasteiger partial charge on any atom is 0.321 e. The van der Waals surface area contributed by atoms with Gasteiger partial charge in [0.1, 0.15) is 0 Å². The Morgan fingerprint density at radius 3 is 2.33 bits per heavy atom. The molecule has 0 saturated heterocycles. The van der Waals surface area contributed by atoms with Gasteiger partial charge in [0.15, 0.2) is 5.75 Å². The zero-order valence-electron chi connectivity index (χ0n) is 10.8. The summed E-state index contributed by atoms with van der Waals surface area (Å²) >= 11 is 11.9. The van der Waals surface area contributed by atoms with Crippen LogP contribution in [0.15, 0.2) is 24.5 Å². The first-order chi connectivity index (χ1) is 10.0. The summed E-state index contributed by atoms with van der Waals surface area (Å²) in [6, 6.07) is 2.35. The molecule has 0 atom stereocenters. The van der Waals surface area contributed by atoms with Crippen molar-refractivity contribution in [1.29, 1.82) is 0 Å². The van der Waals surface area contributed by atoms with Gasteiger partial charge in [0.25, 0.3) is 5.69 Å². The number of ether oxygens (including phenoxy) is 1. The van der Waals surface area contributed by atoms with Crippen LogP contribution in [0.2, 0.25) is 10.0 Å². The highest BCUT2D eigenvalue weighted by Gasteiger charge is 2.17. The second kappa shape index (κ2) is 6.66. The molecule has 1 N–H and O–H groups in total. The first kappa shape index (κ1) is 15.4. The van der Waals surface area contributed by atoms with Crippen LogP contribution in [0.1, 0.15) is 5.56 Å². The van der Waals surface area contributed by atoms with Gasteiger partial charge >= 0.3 is 6.01 Å². The lowest BCUT2D eigenvalue weighted by Gasteiger charge is -2.08. The molecular formula is C12H10Cl2N4O3. The van der Waals surface area contributed by atoms with Gasteiger partial charge in [-0.3, -0.25) is 10.1 Å². The van der Waals surface area contributed by atoms with Crippen molar-refractivity contribution in [3.63, 3.8) is 0 Å². The molecule has 0 bridgehead atoms. The quantitative estimate of drug-likeness (QED) is 0.669. The molecule has 0 amide bonds. The van der Waals surface area contributed by atoms with Gasteiger partial charge in [0, 0.05) is 36.6 Å². The zero-order valence-corrected chi connectivity index (χ0v) is 12.4. The normalized spacial score (nSPS) is 10.4. The Kier molecular flexibility index (Phi) is 4.89. The zero-order chi connectivity index (χ0) is 15.4. The fourth-order valence-electron chi connectivity index (χ4n) is 1.53. The lowest BCUT2D eigenvalue weighted by molar-refractivity contribution is -0.384. The number of benzene rings is 1. The molecular weight excluding hydrogens is 319 g/mol. The predicted molar refractivity (Wildman–Crippen MR) is 78.0 cm³/mol. The largest absolute Gasteiger partial charge is 0.421 e. The third-order valence-corrected chi connectivity index (χ3v) is 3.01.